The molecular formula is C25H29F2N3O3. The summed E-state index contributed by atoms with van der Waals surface area (Å²) in [5, 5.41) is 19.4. The smallest absolute Gasteiger partial charge is 0.251 e. The molecule has 0 radical (unpaired) electrons. The molecule has 1 aliphatic heterocycles. The highest BCUT2D eigenvalue weighted by atomic mass is 19.3. The molecule has 8 heteroatoms. The first kappa shape index (κ1) is 23.3. The molecule has 6 nitrogen and oxygen atoms in total. The van der Waals surface area contributed by atoms with E-state index in [1.54, 1.807) is 12.1 Å². The van der Waals surface area contributed by atoms with E-state index in [1.165, 1.54) is 23.3 Å². The van der Waals surface area contributed by atoms with Crippen LogP contribution in [0.2, 0.25) is 0 Å². The lowest BCUT2D eigenvalue weighted by Gasteiger charge is -2.30. The summed E-state index contributed by atoms with van der Waals surface area (Å²) in [6.45, 7) is 0.784. The van der Waals surface area contributed by atoms with Crippen molar-refractivity contribution < 1.29 is 23.5 Å². The molecule has 33 heavy (non-hydrogen) atoms. The van der Waals surface area contributed by atoms with Crippen LogP contribution in [0.3, 0.4) is 0 Å². The highest BCUT2D eigenvalue weighted by Crippen LogP contribution is 2.33. The van der Waals surface area contributed by atoms with Gasteiger partial charge in [0.05, 0.1) is 6.10 Å². The van der Waals surface area contributed by atoms with E-state index in [4.69, 9.17) is 0 Å². The van der Waals surface area contributed by atoms with Gasteiger partial charge in [-0.1, -0.05) is 24.3 Å². The second-order valence-electron chi connectivity index (χ2n) is 8.92. The summed E-state index contributed by atoms with van der Waals surface area (Å²) < 4.78 is 26.5. The van der Waals surface area contributed by atoms with Crippen LogP contribution in [0, 0.1) is 0 Å². The zero-order chi connectivity index (χ0) is 23.4. The monoisotopic (exact) mass is 457 g/mol. The number of benzene rings is 2. The third kappa shape index (κ3) is 5.94. The van der Waals surface area contributed by atoms with Gasteiger partial charge in [0.15, 0.2) is 0 Å². The summed E-state index contributed by atoms with van der Waals surface area (Å²) in [5.74, 6) is -3.32. The minimum absolute atomic E-state index is 0.104. The molecule has 1 saturated carbocycles. The van der Waals surface area contributed by atoms with E-state index < -0.39 is 12.0 Å². The molecule has 2 atom stereocenters. The number of carbonyl (C=O) groups is 2. The van der Waals surface area contributed by atoms with Gasteiger partial charge in [-0.25, -0.2) is 8.78 Å². The second-order valence-corrected chi connectivity index (χ2v) is 8.92. The van der Waals surface area contributed by atoms with Crippen molar-refractivity contribution in [3.63, 3.8) is 0 Å². The fraction of sp³-hybridized carbons (Fsp3) is 0.440. The largest absolute Gasteiger partial charge is 0.390 e. The molecule has 0 bridgehead atoms. The van der Waals surface area contributed by atoms with Crippen LogP contribution < -0.4 is 16.0 Å². The molecular weight excluding hydrogens is 428 g/mol. The van der Waals surface area contributed by atoms with Gasteiger partial charge in [-0.05, 0) is 54.7 Å². The van der Waals surface area contributed by atoms with Crippen LogP contribution in [0.5, 0.6) is 0 Å². The Morgan fingerprint density at radius 1 is 1.00 bits per heavy atom. The Bertz CT molecular complexity index is 987. The lowest BCUT2D eigenvalue weighted by atomic mass is 9.92. The number of carbonyl (C=O) groups excluding carboxylic acids is 2. The molecule has 2 amide bonds. The number of hydrogen-bond acceptors (Lipinski definition) is 4. The standard InChI is InChI=1S/C25H29F2N3O3/c26-25(27)11-9-20(10-12-25)30-24(33)17-7-5-16(6-8-17)23(32)29-15-22(31)21-13-18-3-1-2-4-19(18)14-28-21/h1-8,20-22,28,31H,9-15H2,(H,29,32)(H,30,33)/t21-,22+/m0/s1. The number of alkyl halides is 2. The SMILES string of the molecule is O=C(NC[C@@H](O)[C@@H]1Cc2ccccc2CN1)c1ccc(C(=O)NC2CCC(F)(F)CC2)cc1. The number of aliphatic hydroxyl groups excluding tert-OH is 1. The zero-order valence-electron chi connectivity index (χ0n) is 18.3. The van der Waals surface area contributed by atoms with Crippen molar-refractivity contribution in [1.29, 1.82) is 0 Å². The van der Waals surface area contributed by atoms with E-state index in [0.29, 0.717) is 24.1 Å². The van der Waals surface area contributed by atoms with E-state index in [1.807, 2.05) is 12.1 Å². The van der Waals surface area contributed by atoms with Gasteiger partial charge in [-0.3, -0.25) is 9.59 Å². The van der Waals surface area contributed by atoms with Crippen molar-refractivity contribution >= 4 is 11.8 Å². The van der Waals surface area contributed by atoms with Gasteiger partial charge >= 0.3 is 0 Å². The molecule has 2 aromatic carbocycles. The Balaban J connectivity index is 1.25. The highest BCUT2D eigenvalue weighted by molar-refractivity contribution is 5.97. The molecule has 0 spiro atoms. The topological polar surface area (TPSA) is 90.5 Å². The van der Waals surface area contributed by atoms with Gasteiger partial charge < -0.3 is 21.1 Å². The first-order valence-electron chi connectivity index (χ1n) is 11.4. The molecule has 0 aromatic heterocycles. The first-order chi connectivity index (χ1) is 15.8. The Hall–Kier alpha value is -2.84. The number of fused-ring (bicyclic) bond motifs is 1. The summed E-state index contributed by atoms with van der Waals surface area (Å²) in [4.78, 5) is 24.9. The molecule has 1 fully saturated rings. The number of halogens is 2. The number of rotatable bonds is 6. The van der Waals surface area contributed by atoms with Crippen LogP contribution in [-0.4, -0.2) is 47.6 Å². The molecule has 4 N–H and O–H groups in total. The summed E-state index contributed by atoms with van der Waals surface area (Å²) in [7, 11) is 0. The molecule has 2 aromatic rings. The van der Waals surface area contributed by atoms with Crippen LogP contribution in [0.1, 0.15) is 57.5 Å². The number of amides is 2. The summed E-state index contributed by atoms with van der Waals surface area (Å²) in [6, 6.07) is 13.8. The average molecular weight is 458 g/mol. The van der Waals surface area contributed by atoms with Crippen LogP contribution in [0.4, 0.5) is 8.78 Å². The average Bonchev–Trinajstić information content (AvgIpc) is 2.83. The van der Waals surface area contributed by atoms with Gasteiger partial charge in [0.2, 0.25) is 5.92 Å². The van der Waals surface area contributed by atoms with Gasteiger partial charge in [-0.2, -0.15) is 0 Å². The molecule has 4 rings (SSSR count). The normalized spacial score (nSPS) is 21.0. The van der Waals surface area contributed by atoms with Crippen molar-refractivity contribution in [2.45, 2.75) is 62.8 Å². The third-order valence-electron chi connectivity index (χ3n) is 6.51. The number of aliphatic hydroxyl groups is 1. The van der Waals surface area contributed by atoms with Gasteiger partial charge in [0.25, 0.3) is 11.8 Å². The lowest BCUT2D eigenvalue weighted by molar-refractivity contribution is -0.0399. The fourth-order valence-electron chi connectivity index (χ4n) is 4.42. The van der Waals surface area contributed by atoms with Crippen molar-refractivity contribution in [2.24, 2.45) is 0 Å². The molecule has 176 valence electrons. The van der Waals surface area contributed by atoms with Crippen molar-refractivity contribution in [2.75, 3.05) is 6.54 Å². The second kappa shape index (κ2) is 9.97. The predicted molar refractivity (Wildman–Crippen MR) is 120 cm³/mol. The van der Waals surface area contributed by atoms with E-state index >= 15 is 0 Å². The lowest BCUT2D eigenvalue weighted by Crippen LogP contribution is -2.49. The Morgan fingerprint density at radius 2 is 1.61 bits per heavy atom. The molecule has 1 aliphatic carbocycles. The zero-order valence-corrected chi connectivity index (χ0v) is 18.3. The highest BCUT2D eigenvalue weighted by Gasteiger charge is 2.35. The first-order valence-corrected chi connectivity index (χ1v) is 11.4. The van der Waals surface area contributed by atoms with E-state index in [-0.39, 0.29) is 56.1 Å². The van der Waals surface area contributed by atoms with Gasteiger partial charge in [-0.15, -0.1) is 0 Å². The molecule has 1 heterocycles. The summed E-state index contributed by atoms with van der Waals surface area (Å²) in [6.07, 6.45) is 0.0226. The van der Waals surface area contributed by atoms with E-state index in [9.17, 15) is 23.5 Å². The fourth-order valence-corrected chi connectivity index (χ4v) is 4.42. The van der Waals surface area contributed by atoms with Crippen molar-refractivity contribution in [3.05, 3.63) is 70.8 Å². The Kier molecular flexibility index (Phi) is 7.05. The minimum Gasteiger partial charge on any atom is -0.390 e. The Morgan fingerprint density at radius 3 is 2.27 bits per heavy atom. The molecule has 0 saturated heterocycles. The van der Waals surface area contributed by atoms with E-state index in [0.717, 1.165) is 0 Å². The maximum atomic E-state index is 13.3. The van der Waals surface area contributed by atoms with Gasteiger partial charge in [0, 0.05) is 49.1 Å². The summed E-state index contributed by atoms with van der Waals surface area (Å²) >= 11 is 0. The van der Waals surface area contributed by atoms with E-state index in [2.05, 4.69) is 28.1 Å². The summed E-state index contributed by atoms with van der Waals surface area (Å²) in [5.41, 5.74) is 3.16. The molecule has 0 unspecified atom stereocenters. The maximum Gasteiger partial charge on any atom is 0.251 e. The maximum absolute atomic E-state index is 13.3. The Labute approximate surface area is 191 Å². The van der Waals surface area contributed by atoms with Crippen LogP contribution in [-0.2, 0) is 13.0 Å². The quantitative estimate of drug-likeness (QED) is 0.537. The van der Waals surface area contributed by atoms with Crippen LogP contribution in [0.25, 0.3) is 0 Å². The number of nitrogens with one attached hydrogen (secondary N) is 3. The minimum atomic E-state index is -2.64. The van der Waals surface area contributed by atoms with Crippen molar-refractivity contribution in [1.82, 2.24) is 16.0 Å². The van der Waals surface area contributed by atoms with Crippen molar-refractivity contribution in [3.8, 4) is 0 Å². The van der Waals surface area contributed by atoms with Crippen LogP contribution >= 0.6 is 0 Å². The number of hydrogen-bond donors (Lipinski definition) is 4. The van der Waals surface area contributed by atoms with Gasteiger partial charge in [0.1, 0.15) is 0 Å². The third-order valence-corrected chi connectivity index (χ3v) is 6.51. The predicted octanol–water partition coefficient (Wildman–Crippen LogP) is 2.80. The van der Waals surface area contributed by atoms with Crippen LogP contribution in [0.15, 0.2) is 48.5 Å². The molecule has 2 aliphatic rings.